The van der Waals surface area contributed by atoms with Crippen molar-refractivity contribution in [3.8, 4) is 11.1 Å². The molecule has 0 aromatic heterocycles. The average molecular weight is 884 g/mol. The third kappa shape index (κ3) is 5.82. The maximum atomic E-state index is 9.26. The first-order chi connectivity index (χ1) is 32.4. The molecule has 0 saturated heterocycles. The van der Waals surface area contributed by atoms with Gasteiger partial charge in [0, 0.05) is 43.7 Å². The fourth-order valence-corrected chi connectivity index (χ4v) is 14.8. The second-order valence-corrected chi connectivity index (χ2v) is 26.5. The third-order valence-electron chi connectivity index (χ3n) is 18.8. The number of anilines is 6. The van der Waals surface area contributed by atoms with Crippen LogP contribution in [0.15, 0.2) is 91.0 Å². The van der Waals surface area contributed by atoms with Crippen molar-refractivity contribution in [2.45, 2.75) is 181 Å². The Morgan fingerprint density at radius 3 is 1.46 bits per heavy atom. The summed E-state index contributed by atoms with van der Waals surface area (Å²) in [5, 5.41) is 0. The Morgan fingerprint density at radius 1 is 0.433 bits per heavy atom. The van der Waals surface area contributed by atoms with Crippen molar-refractivity contribution < 1.29 is 4.11 Å². The molecule has 12 rings (SSSR count). The van der Waals surface area contributed by atoms with E-state index in [1.807, 2.05) is 0 Å². The molecule has 2 aliphatic heterocycles. The van der Waals surface area contributed by atoms with Crippen molar-refractivity contribution in [1.82, 2.24) is 0 Å². The quantitative estimate of drug-likeness (QED) is 0.160. The van der Waals surface area contributed by atoms with Crippen LogP contribution in [0.2, 0.25) is 0 Å². The number of rotatable bonds is 2. The molecule has 6 aromatic carbocycles. The van der Waals surface area contributed by atoms with Gasteiger partial charge in [-0.1, -0.05) is 145 Å². The van der Waals surface area contributed by atoms with E-state index in [0.29, 0.717) is 5.56 Å². The molecule has 0 saturated carbocycles. The van der Waals surface area contributed by atoms with Gasteiger partial charge in [0.1, 0.15) is 0 Å². The molecule has 3 heteroatoms. The van der Waals surface area contributed by atoms with E-state index in [2.05, 4.69) is 205 Å². The largest absolute Gasteiger partial charge is 0.311 e. The average Bonchev–Trinajstić information content (AvgIpc) is 3.61. The van der Waals surface area contributed by atoms with E-state index in [9.17, 15) is 4.11 Å². The first kappa shape index (κ1) is 39.9. The fraction of sp³-hybridized carbons (Fsp3) is 0.438. The first-order valence-corrected chi connectivity index (χ1v) is 25.5. The molecule has 4 aliphatic carbocycles. The molecule has 0 amide bonds. The number of aryl methyl sites for hydroxylation is 2. The highest BCUT2D eigenvalue weighted by Gasteiger charge is 2.50. The minimum absolute atomic E-state index is 0.0156. The highest BCUT2D eigenvalue weighted by atomic mass is 15.2. The molecule has 2 heterocycles. The smallest absolute Gasteiger partial charge is 0.252 e. The van der Waals surface area contributed by atoms with Crippen LogP contribution in [0.1, 0.15) is 189 Å². The van der Waals surface area contributed by atoms with Crippen molar-refractivity contribution in [2.75, 3.05) is 9.80 Å². The second kappa shape index (κ2) is 13.2. The lowest BCUT2D eigenvalue weighted by atomic mass is 9.32. The van der Waals surface area contributed by atoms with Gasteiger partial charge in [0.15, 0.2) is 0 Å². The predicted octanol–water partition coefficient (Wildman–Crippen LogP) is 15.3. The van der Waals surface area contributed by atoms with Crippen molar-refractivity contribution >= 4 is 57.2 Å². The van der Waals surface area contributed by atoms with Crippen molar-refractivity contribution in [1.29, 1.82) is 0 Å². The summed E-state index contributed by atoms with van der Waals surface area (Å²) in [5.74, 6) is 0. The molecule has 0 bridgehead atoms. The van der Waals surface area contributed by atoms with E-state index in [0.717, 1.165) is 54.9 Å². The molecule has 0 radical (unpaired) electrons. The van der Waals surface area contributed by atoms with E-state index in [-0.39, 0.29) is 44.6 Å². The van der Waals surface area contributed by atoms with Crippen LogP contribution in [-0.2, 0) is 37.9 Å². The van der Waals surface area contributed by atoms with Gasteiger partial charge in [0.25, 0.3) is 6.71 Å². The highest BCUT2D eigenvalue weighted by Crippen LogP contribution is 2.57. The number of hydrogen-bond donors (Lipinski definition) is 0. The number of benzene rings is 6. The summed E-state index contributed by atoms with van der Waals surface area (Å²) < 4.78 is 27.8. The number of nitrogens with zero attached hydrogens (tertiary/aromatic N) is 2. The van der Waals surface area contributed by atoms with Crippen LogP contribution >= 0.6 is 0 Å². The Labute approximate surface area is 407 Å². The fourth-order valence-electron chi connectivity index (χ4n) is 14.8. The van der Waals surface area contributed by atoms with Crippen LogP contribution in [0.25, 0.3) is 11.1 Å². The summed E-state index contributed by atoms with van der Waals surface area (Å²) in [4.78, 5) is 5.03. The van der Waals surface area contributed by atoms with Crippen LogP contribution in [-0.4, -0.2) is 6.71 Å². The van der Waals surface area contributed by atoms with E-state index in [1.165, 1.54) is 89.0 Å². The summed E-state index contributed by atoms with van der Waals surface area (Å²) >= 11 is 0. The van der Waals surface area contributed by atoms with E-state index in [1.54, 1.807) is 0 Å². The number of hydrogen-bond acceptors (Lipinski definition) is 2. The molecule has 6 aromatic rings. The molecule has 0 spiro atoms. The van der Waals surface area contributed by atoms with Gasteiger partial charge in [-0.3, -0.25) is 0 Å². The van der Waals surface area contributed by atoms with Crippen LogP contribution in [0.5, 0.6) is 0 Å². The van der Waals surface area contributed by atoms with Gasteiger partial charge in [0.2, 0.25) is 0 Å². The molecule has 2 nitrogen and oxygen atoms in total. The Morgan fingerprint density at radius 2 is 0.896 bits per heavy atom. The zero-order valence-corrected chi connectivity index (χ0v) is 43.2. The summed E-state index contributed by atoms with van der Waals surface area (Å²) in [5.41, 5.74) is 25.4. The topological polar surface area (TPSA) is 6.48 Å². The second-order valence-electron chi connectivity index (χ2n) is 26.5. The monoisotopic (exact) mass is 884 g/mol. The lowest BCUT2D eigenvalue weighted by Gasteiger charge is -2.49. The molecule has 0 N–H and O–H groups in total. The van der Waals surface area contributed by atoms with E-state index < -0.39 is 6.85 Å². The van der Waals surface area contributed by atoms with Crippen LogP contribution in [0.3, 0.4) is 0 Å². The summed E-state index contributed by atoms with van der Waals surface area (Å²) in [6.07, 6.45) is 5.53. The normalized spacial score (nSPS) is 22.4. The van der Waals surface area contributed by atoms with Crippen molar-refractivity contribution in [2.24, 2.45) is 0 Å². The molecule has 342 valence electrons. The predicted molar refractivity (Wildman–Crippen MR) is 289 cm³/mol. The van der Waals surface area contributed by atoms with Gasteiger partial charge < -0.3 is 9.80 Å². The Kier molecular flexibility index (Phi) is 7.86. The maximum absolute atomic E-state index is 9.26. The van der Waals surface area contributed by atoms with Crippen molar-refractivity contribution in [3.05, 3.63) is 147 Å². The molecule has 0 fully saturated rings. The van der Waals surface area contributed by atoms with Crippen LogP contribution < -0.4 is 26.2 Å². The molecule has 6 aliphatic rings. The Balaban J connectivity index is 1.24. The number of fused-ring (bicyclic) bond motifs is 10. The lowest BCUT2D eigenvalue weighted by molar-refractivity contribution is 0.332. The van der Waals surface area contributed by atoms with E-state index >= 15 is 0 Å². The van der Waals surface area contributed by atoms with Gasteiger partial charge in [0.05, 0.1) is 0 Å². The van der Waals surface area contributed by atoms with Gasteiger partial charge in [-0.15, -0.1) is 0 Å². The SMILES string of the molecule is [2H]C([2H])([2H])c1cc2c3c(c1)N(c1cc4c(cc1C)C(C)(C)CC4(C)C)c1cc4c(cc1B3c1cc3c(cc1N2c1ccc2c(c1)C(C)(C)c1ccccc1-2)C(C)(C)CCC3(C)C)C(C)(C)CCC4(C)C. The lowest BCUT2D eigenvalue weighted by Crippen LogP contribution is -2.62. The zero-order valence-electron chi connectivity index (χ0n) is 46.2. The zero-order chi connectivity index (χ0) is 50.0. The maximum Gasteiger partial charge on any atom is 0.252 e. The van der Waals surface area contributed by atoms with Crippen molar-refractivity contribution in [3.63, 3.8) is 0 Å². The molecular formula is C64H73BN2. The first-order valence-electron chi connectivity index (χ1n) is 27.0. The minimum Gasteiger partial charge on any atom is -0.311 e. The Hall–Kier alpha value is -5.02. The molecule has 67 heavy (non-hydrogen) atoms. The third-order valence-corrected chi connectivity index (χ3v) is 18.8. The van der Waals surface area contributed by atoms with Gasteiger partial charge in [-0.2, -0.15) is 0 Å². The van der Waals surface area contributed by atoms with Gasteiger partial charge >= 0.3 is 0 Å². The summed E-state index contributed by atoms with van der Waals surface area (Å²) in [6.45, 7) is 33.7. The molecule has 0 atom stereocenters. The van der Waals surface area contributed by atoms with Gasteiger partial charge in [-0.05, 0) is 204 Å². The van der Waals surface area contributed by atoms with Gasteiger partial charge in [-0.25, -0.2) is 0 Å². The highest BCUT2D eigenvalue weighted by molar-refractivity contribution is 7.00. The van der Waals surface area contributed by atoms with Crippen LogP contribution in [0.4, 0.5) is 34.1 Å². The summed E-state index contributed by atoms with van der Waals surface area (Å²) in [7, 11) is 0. The minimum atomic E-state index is -2.36. The molecule has 0 unspecified atom stereocenters. The molecular weight excluding hydrogens is 808 g/mol. The van der Waals surface area contributed by atoms with E-state index in [4.69, 9.17) is 0 Å². The summed E-state index contributed by atoms with van der Waals surface area (Å²) in [6, 6.07) is 35.4. The Bertz CT molecular complexity index is 3300. The standard InChI is InChI=1S/C64H73BN2/c1-37-27-55-57-56(28-37)67(52-33-49-44(29-38(52)2)62(11,12)36-63(49,13)14)54-35-48-46(59(5,6)24-26-61(48,9)10)32-51(54)65(57)50-31-45-47(60(7,8)25-23-58(45,3)4)34-53(50)66(55)39-21-22-41-40-19-17-18-20-42(40)64(15,16)43(41)30-39/h17-22,27-35H,23-26,36H2,1-16H3/i1D3. The van der Waals surface area contributed by atoms with Crippen LogP contribution in [0, 0.1) is 13.8 Å².